The van der Waals surface area contributed by atoms with Gasteiger partial charge in [-0.15, -0.1) is 11.3 Å². The minimum atomic E-state index is -0.267. The summed E-state index contributed by atoms with van der Waals surface area (Å²) < 4.78 is 6.40. The molecule has 1 saturated carbocycles. The SMILES string of the molecule is NC(=O)C[C@H]1CCc2sc3ncnc(OC4CCC(N5CCNC(=O)C5)CC4)c3c21. The molecule has 2 amide bonds. The van der Waals surface area contributed by atoms with E-state index in [2.05, 4.69) is 20.2 Å². The van der Waals surface area contributed by atoms with Crippen LogP contribution in [0.2, 0.25) is 0 Å². The van der Waals surface area contributed by atoms with E-state index < -0.39 is 0 Å². The van der Waals surface area contributed by atoms with Crippen LogP contribution in [0, 0.1) is 0 Å². The van der Waals surface area contributed by atoms with Gasteiger partial charge in [0.1, 0.15) is 17.3 Å². The molecule has 3 N–H and O–H groups in total. The molecule has 9 heteroatoms. The molecule has 5 rings (SSSR count). The Bertz CT molecular complexity index is 969. The third-order valence-corrected chi connectivity index (χ3v) is 7.82. The van der Waals surface area contributed by atoms with Gasteiger partial charge in [0.05, 0.1) is 11.9 Å². The van der Waals surface area contributed by atoms with Crippen LogP contribution >= 0.6 is 11.3 Å². The van der Waals surface area contributed by atoms with Crippen molar-refractivity contribution in [3.05, 3.63) is 16.8 Å². The Morgan fingerprint density at radius 3 is 2.87 bits per heavy atom. The van der Waals surface area contributed by atoms with E-state index in [1.807, 2.05) is 0 Å². The maximum atomic E-state index is 11.7. The molecule has 2 aromatic heterocycles. The van der Waals surface area contributed by atoms with E-state index >= 15 is 0 Å². The molecule has 0 aromatic carbocycles. The summed E-state index contributed by atoms with van der Waals surface area (Å²) in [5.74, 6) is 0.645. The zero-order valence-corrected chi connectivity index (χ0v) is 17.7. The van der Waals surface area contributed by atoms with Crippen molar-refractivity contribution >= 4 is 33.4 Å². The Balaban J connectivity index is 1.31. The lowest BCUT2D eigenvalue weighted by molar-refractivity contribution is -0.125. The van der Waals surface area contributed by atoms with Crippen molar-refractivity contribution in [2.75, 3.05) is 19.6 Å². The van der Waals surface area contributed by atoms with E-state index in [1.165, 1.54) is 10.4 Å². The molecule has 30 heavy (non-hydrogen) atoms. The van der Waals surface area contributed by atoms with Crippen LogP contribution in [-0.4, -0.2) is 58.5 Å². The van der Waals surface area contributed by atoms with Crippen LogP contribution < -0.4 is 15.8 Å². The van der Waals surface area contributed by atoms with Crippen LogP contribution in [0.1, 0.15) is 54.9 Å². The van der Waals surface area contributed by atoms with Gasteiger partial charge in [-0.3, -0.25) is 14.5 Å². The molecule has 8 nitrogen and oxygen atoms in total. The second kappa shape index (κ2) is 8.11. The minimum Gasteiger partial charge on any atom is -0.474 e. The highest BCUT2D eigenvalue weighted by molar-refractivity contribution is 7.19. The number of carbonyl (C=O) groups excluding carboxylic acids is 2. The lowest BCUT2D eigenvalue weighted by Gasteiger charge is -2.38. The topological polar surface area (TPSA) is 110 Å². The molecular formula is C21H27N5O3S. The van der Waals surface area contributed by atoms with E-state index in [1.54, 1.807) is 17.7 Å². The van der Waals surface area contributed by atoms with Crippen molar-refractivity contribution in [2.45, 2.75) is 63.0 Å². The fourth-order valence-corrected chi connectivity index (χ4v) is 6.46. The second-order valence-corrected chi connectivity index (χ2v) is 9.66. The van der Waals surface area contributed by atoms with Crippen molar-refractivity contribution in [2.24, 2.45) is 5.73 Å². The molecule has 0 radical (unpaired) electrons. The van der Waals surface area contributed by atoms with Gasteiger partial charge >= 0.3 is 0 Å². The van der Waals surface area contributed by atoms with Gasteiger partial charge in [-0.05, 0) is 50.0 Å². The number of rotatable bonds is 5. The maximum absolute atomic E-state index is 11.7. The fraction of sp³-hybridized carbons (Fsp3) is 0.619. The van der Waals surface area contributed by atoms with Gasteiger partial charge in [0, 0.05) is 30.4 Å². The van der Waals surface area contributed by atoms with Crippen molar-refractivity contribution in [1.29, 1.82) is 0 Å². The molecule has 2 aromatic rings. The molecular weight excluding hydrogens is 402 g/mol. The van der Waals surface area contributed by atoms with Gasteiger partial charge < -0.3 is 15.8 Å². The number of ether oxygens (including phenoxy) is 1. The molecule has 0 unspecified atom stereocenters. The lowest BCUT2D eigenvalue weighted by Crippen LogP contribution is -2.52. The number of amides is 2. The normalized spacial score (nSPS) is 27.1. The summed E-state index contributed by atoms with van der Waals surface area (Å²) in [5.41, 5.74) is 6.66. The average molecular weight is 430 g/mol. The number of nitrogens with two attached hydrogens (primary N) is 1. The number of hydrogen-bond acceptors (Lipinski definition) is 7. The van der Waals surface area contributed by atoms with Crippen LogP contribution in [0.5, 0.6) is 5.88 Å². The van der Waals surface area contributed by atoms with E-state index in [-0.39, 0.29) is 23.8 Å². The Hall–Kier alpha value is -2.26. The van der Waals surface area contributed by atoms with Gasteiger partial charge in [0.2, 0.25) is 17.7 Å². The Kier molecular flexibility index (Phi) is 5.32. The van der Waals surface area contributed by atoms with Gasteiger partial charge in [0.25, 0.3) is 0 Å². The van der Waals surface area contributed by atoms with Crippen LogP contribution in [0.15, 0.2) is 6.33 Å². The van der Waals surface area contributed by atoms with E-state index in [0.29, 0.717) is 24.9 Å². The first-order valence-electron chi connectivity index (χ1n) is 10.8. The maximum Gasteiger partial charge on any atom is 0.234 e. The van der Waals surface area contributed by atoms with Crippen molar-refractivity contribution < 1.29 is 14.3 Å². The zero-order valence-electron chi connectivity index (χ0n) is 16.9. The van der Waals surface area contributed by atoms with Gasteiger partial charge in [-0.2, -0.15) is 0 Å². The second-order valence-electron chi connectivity index (χ2n) is 8.57. The zero-order chi connectivity index (χ0) is 20.7. The molecule has 1 aliphatic heterocycles. The summed E-state index contributed by atoms with van der Waals surface area (Å²) in [4.78, 5) is 36.7. The smallest absolute Gasteiger partial charge is 0.234 e. The Morgan fingerprint density at radius 2 is 2.10 bits per heavy atom. The van der Waals surface area contributed by atoms with Gasteiger partial charge in [0.15, 0.2) is 0 Å². The highest BCUT2D eigenvalue weighted by Crippen LogP contribution is 2.47. The Labute approximate surface area is 179 Å². The average Bonchev–Trinajstić information content (AvgIpc) is 3.28. The molecule has 1 atom stereocenters. The predicted octanol–water partition coefficient (Wildman–Crippen LogP) is 1.72. The van der Waals surface area contributed by atoms with Crippen LogP contribution in [0.3, 0.4) is 0 Å². The number of nitrogens with zero attached hydrogens (tertiary/aromatic N) is 3. The summed E-state index contributed by atoms with van der Waals surface area (Å²) in [5, 5.41) is 3.88. The number of thiophene rings is 1. The predicted molar refractivity (Wildman–Crippen MR) is 114 cm³/mol. The number of fused-ring (bicyclic) bond motifs is 3. The number of hydrogen-bond donors (Lipinski definition) is 2. The third-order valence-electron chi connectivity index (χ3n) is 6.65. The summed E-state index contributed by atoms with van der Waals surface area (Å²) in [6, 6.07) is 0.451. The van der Waals surface area contributed by atoms with E-state index in [0.717, 1.165) is 61.8 Å². The van der Waals surface area contributed by atoms with Crippen LogP contribution in [-0.2, 0) is 16.0 Å². The number of piperazine rings is 1. The van der Waals surface area contributed by atoms with Crippen LogP contribution in [0.4, 0.5) is 0 Å². The molecule has 2 fully saturated rings. The first-order valence-corrected chi connectivity index (χ1v) is 11.6. The highest BCUT2D eigenvalue weighted by atomic mass is 32.1. The monoisotopic (exact) mass is 429 g/mol. The van der Waals surface area contributed by atoms with Gasteiger partial charge in [-0.1, -0.05) is 0 Å². The minimum absolute atomic E-state index is 0.115. The fourth-order valence-electron chi connectivity index (χ4n) is 5.23. The first kappa shape index (κ1) is 19.7. The number of aryl methyl sites for hydroxylation is 1. The van der Waals surface area contributed by atoms with E-state index in [4.69, 9.17) is 10.5 Å². The van der Waals surface area contributed by atoms with Crippen molar-refractivity contribution in [3.63, 3.8) is 0 Å². The standard InChI is InChI=1S/C21H27N5O3S/c22-16(27)9-12-1-6-15-18(12)19-20(24-11-25-21(19)30-15)29-14-4-2-13(3-5-14)26-8-7-23-17(28)10-26/h11-14H,1-10H2,(H2,22,27)(H,23,28)/t12-,13?,14?/m1/s1. The van der Waals surface area contributed by atoms with E-state index in [9.17, 15) is 9.59 Å². The molecule has 3 aliphatic rings. The number of carbonyl (C=O) groups is 2. The molecule has 0 spiro atoms. The largest absolute Gasteiger partial charge is 0.474 e. The van der Waals surface area contributed by atoms with Crippen LogP contribution in [0.25, 0.3) is 10.2 Å². The highest BCUT2D eigenvalue weighted by Gasteiger charge is 2.33. The third kappa shape index (κ3) is 3.76. The van der Waals surface area contributed by atoms with Crippen molar-refractivity contribution in [1.82, 2.24) is 20.2 Å². The quantitative estimate of drug-likeness (QED) is 0.749. The van der Waals surface area contributed by atoms with Gasteiger partial charge in [-0.25, -0.2) is 9.97 Å². The molecule has 3 heterocycles. The first-order chi connectivity index (χ1) is 14.6. The number of aromatic nitrogens is 2. The molecule has 160 valence electrons. The molecule has 2 aliphatic carbocycles. The number of nitrogens with one attached hydrogen (secondary N) is 1. The Morgan fingerprint density at radius 1 is 1.27 bits per heavy atom. The summed E-state index contributed by atoms with van der Waals surface area (Å²) in [7, 11) is 0. The summed E-state index contributed by atoms with van der Waals surface area (Å²) >= 11 is 1.69. The summed E-state index contributed by atoms with van der Waals surface area (Å²) in [6.45, 7) is 2.17. The number of primary amides is 1. The molecule has 1 saturated heterocycles. The lowest BCUT2D eigenvalue weighted by atomic mass is 9.91. The van der Waals surface area contributed by atoms with Crippen molar-refractivity contribution in [3.8, 4) is 5.88 Å². The summed E-state index contributed by atoms with van der Waals surface area (Å²) in [6.07, 6.45) is 7.91. The molecule has 0 bridgehead atoms.